The number of aromatic nitrogens is 8. The molecule has 0 aliphatic rings. The highest BCUT2D eigenvalue weighted by atomic mass is 19.2. The molecule has 5 rings (SSSR count). The summed E-state index contributed by atoms with van der Waals surface area (Å²) >= 11 is 0. The third-order valence-electron chi connectivity index (χ3n) is 4.18. The fourth-order valence-corrected chi connectivity index (χ4v) is 2.91. The van der Waals surface area contributed by atoms with Gasteiger partial charge in [-0.3, -0.25) is 0 Å². The molecule has 14 heteroatoms. The summed E-state index contributed by atoms with van der Waals surface area (Å²) in [6.45, 7) is 0. The van der Waals surface area contributed by atoms with Crippen LogP contribution in [0.15, 0.2) is 0 Å². The summed E-state index contributed by atoms with van der Waals surface area (Å²) in [4.78, 5) is 30.5. The molecule has 4 aromatic heterocycles. The number of rotatable bonds is 0. The highest BCUT2D eigenvalue weighted by molar-refractivity contribution is 6.18. The molecule has 4 heterocycles. The lowest BCUT2D eigenvalue weighted by Gasteiger charge is -2.08. The maximum Gasteiger partial charge on any atom is 0.269 e. The molecule has 11 nitrogen and oxygen atoms in total. The molecule has 0 saturated carbocycles. The van der Waals surface area contributed by atoms with Crippen LogP contribution in [0.1, 0.15) is 17.1 Å². The highest BCUT2D eigenvalue weighted by Crippen LogP contribution is 2.30. The first-order valence-electron chi connectivity index (χ1n) is 8.07. The Morgan fingerprint density at radius 3 is 1.19 bits per heavy atom. The monoisotopic (exact) mass is 415 g/mol. The van der Waals surface area contributed by atoms with Crippen molar-refractivity contribution in [3.63, 3.8) is 0 Å². The molecular formula is C17F3N11. The average molecular weight is 415 g/mol. The molecule has 0 amide bonds. The van der Waals surface area contributed by atoms with Gasteiger partial charge in [0.15, 0.2) is 28.4 Å². The van der Waals surface area contributed by atoms with E-state index in [2.05, 4.69) is 39.9 Å². The van der Waals surface area contributed by atoms with Gasteiger partial charge in [0.2, 0.25) is 5.95 Å². The number of halogens is 3. The van der Waals surface area contributed by atoms with Crippen LogP contribution in [0, 0.1) is 51.8 Å². The maximum absolute atomic E-state index is 14.1. The van der Waals surface area contributed by atoms with Gasteiger partial charge in [0.1, 0.15) is 51.3 Å². The van der Waals surface area contributed by atoms with E-state index in [0.717, 1.165) is 0 Å². The normalized spacial score (nSPS) is 11.0. The van der Waals surface area contributed by atoms with Crippen LogP contribution >= 0.6 is 0 Å². The van der Waals surface area contributed by atoms with Gasteiger partial charge in [0.25, 0.3) is 11.9 Å². The zero-order valence-corrected chi connectivity index (χ0v) is 14.6. The number of fused-ring (bicyclic) bond motifs is 7. The predicted octanol–water partition coefficient (Wildman–Crippen LogP) is 1.49. The molecule has 0 spiro atoms. The number of hydrogen-bond acceptors (Lipinski definition) is 11. The van der Waals surface area contributed by atoms with Crippen molar-refractivity contribution in [2.75, 3.05) is 0 Å². The third-order valence-corrected chi connectivity index (χ3v) is 4.18. The second-order valence-electron chi connectivity index (χ2n) is 5.89. The van der Waals surface area contributed by atoms with Crippen molar-refractivity contribution in [3.05, 3.63) is 34.9 Å². The molecule has 144 valence electrons. The van der Waals surface area contributed by atoms with E-state index in [9.17, 15) is 13.2 Å². The first kappa shape index (κ1) is 17.9. The van der Waals surface area contributed by atoms with E-state index in [-0.39, 0.29) is 55.8 Å². The van der Waals surface area contributed by atoms with Crippen LogP contribution in [0.3, 0.4) is 0 Å². The van der Waals surface area contributed by atoms with E-state index in [1.54, 1.807) is 12.1 Å². The molecule has 5 aromatic rings. The Bertz CT molecular complexity index is 1760. The van der Waals surface area contributed by atoms with Crippen LogP contribution in [-0.2, 0) is 0 Å². The molecule has 0 saturated heterocycles. The molecule has 0 radical (unpaired) electrons. The van der Waals surface area contributed by atoms with E-state index < -0.39 is 23.5 Å². The minimum atomic E-state index is -1.57. The van der Waals surface area contributed by atoms with Gasteiger partial charge in [-0.2, -0.15) is 29.0 Å². The van der Waals surface area contributed by atoms with Crippen LogP contribution in [0.5, 0.6) is 0 Å². The van der Waals surface area contributed by atoms with E-state index in [0.29, 0.717) is 0 Å². The van der Waals surface area contributed by atoms with Gasteiger partial charge in [0.05, 0.1) is 0 Å². The topological polar surface area (TPSA) is 174 Å². The van der Waals surface area contributed by atoms with Gasteiger partial charge >= 0.3 is 0 Å². The van der Waals surface area contributed by atoms with Gasteiger partial charge in [-0.05, 0) is 0 Å². The van der Waals surface area contributed by atoms with Crippen LogP contribution < -0.4 is 0 Å². The van der Waals surface area contributed by atoms with Crippen molar-refractivity contribution in [3.8, 4) is 18.2 Å². The van der Waals surface area contributed by atoms with Crippen LogP contribution in [0.4, 0.5) is 13.2 Å². The molecular weight excluding hydrogens is 415 g/mol. The van der Waals surface area contributed by atoms with Crippen molar-refractivity contribution in [1.82, 2.24) is 39.9 Å². The second-order valence-corrected chi connectivity index (χ2v) is 5.89. The Hall–Kier alpha value is -5.16. The second kappa shape index (κ2) is 6.17. The largest absolute Gasteiger partial charge is 0.269 e. The van der Waals surface area contributed by atoms with E-state index in [1.807, 2.05) is 0 Å². The molecule has 0 aliphatic carbocycles. The van der Waals surface area contributed by atoms with Gasteiger partial charge in [-0.1, -0.05) is 0 Å². The van der Waals surface area contributed by atoms with Crippen molar-refractivity contribution >= 4 is 44.4 Å². The molecule has 0 atom stereocenters. The fraction of sp³-hybridized carbons (Fsp3) is 0. The molecule has 0 aliphatic heterocycles. The average Bonchev–Trinajstić information content (AvgIpc) is 2.78. The molecule has 31 heavy (non-hydrogen) atoms. The van der Waals surface area contributed by atoms with E-state index >= 15 is 0 Å². The van der Waals surface area contributed by atoms with Gasteiger partial charge in [-0.25, -0.2) is 39.9 Å². The standard InChI is InChI=1S/C17F3N11/c18-13-6(3-23)24-7-8(27-13)9-10(29-15(20)14(19)28-9)12-11(7)30-16-17(31-12)26-5(2-22)4(1-21)25-16. The van der Waals surface area contributed by atoms with Gasteiger partial charge in [-0.15, -0.1) is 0 Å². The lowest BCUT2D eigenvalue weighted by Crippen LogP contribution is -2.05. The summed E-state index contributed by atoms with van der Waals surface area (Å²) in [5, 5.41) is 27.4. The first-order chi connectivity index (χ1) is 14.9. The Morgan fingerprint density at radius 2 is 0.774 bits per heavy atom. The minimum Gasteiger partial charge on any atom is -0.228 e. The lowest BCUT2D eigenvalue weighted by atomic mass is 10.2. The van der Waals surface area contributed by atoms with Crippen LogP contribution in [0.2, 0.25) is 0 Å². The summed E-state index contributed by atoms with van der Waals surface area (Å²) in [5.74, 6) is -4.39. The Kier molecular flexibility index (Phi) is 3.56. The van der Waals surface area contributed by atoms with Crippen LogP contribution in [-0.4, -0.2) is 39.9 Å². The van der Waals surface area contributed by atoms with Crippen LogP contribution in [0.25, 0.3) is 44.4 Å². The number of hydrogen-bond donors (Lipinski definition) is 0. The van der Waals surface area contributed by atoms with Gasteiger partial charge < -0.3 is 0 Å². The minimum absolute atomic E-state index is 0.151. The number of nitrogens with zero attached hydrogens (tertiary/aromatic N) is 11. The summed E-state index contributed by atoms with van der Waals surface area (Å²) in [6, 6.07) is 4.90. The van der Waals surface area contributed by atoms with E-state index in [1.165, 1.54) is 6.07 Å². The smallest absolute Gasteiger partial charge is 0.228 e. The zero-order valence-electron chi connectivity index (χ0n) is 14.6. The van der Waals surface area contributed by atoms with Crippen molar-refractivity contribution < 1.29 is 13.2 Å². The fourth-order valence-electron chi connectivity index (χ4n) is 2.91. The van der Waals surface area contributed by atoms with Crippen molar-refractivity contribution in [2.24, 2.45) is 0 Å². The molecule has 0 bridgehead atoms. The van der Waals surface area contributed by atoms with Crippen molar-refractivity contribution in [1.29, 1.82) is 15.8 Å². The first-order valence-corrected chi connectivity index (χ1v) is 8.07. The molecule has 0 fully saturated rings. The third kappa shape index (κ3) is 2.44. The quantitative estimate of drug-likeness (QED) is 0.265. The summed E-state index contributed by atoms with van der Waals surface area (Å²) in [7, 11) is 0. The Balaban J connectivity index is 2.10. The molecule has 0 unspecified atom stereocenters. The zero-order chi connectivity index (χ0) is 21.9. The summed E-state index contributed by atoms with van der Waals surface area (Å²) < 4.78 is 41.8. The van der Waals surface area contributed by atoms with Crippen molar-refractivity contribution in [2.45, 2.75) is 0 Å². The maximum atomic E-state index is 14.1. The molecule has 1 aromatic carbocycles. The van der Waals surface area contributed by atoms with E-state index in [4.69, 9.17) is 15.8 Å². The number of benzene rings is 1. The SMILES string of the molecule is N#Cc1nc2c(nc1F)c1nc(F)c(F)nc1c1nc3nc(C#N)c(C#N)nc3nc21. The lowest BCUT2D eigenvalue weighted by molar-refractivity contribution is 0.459. The Morgan fingerprint density at radius 1 is 0.419 bits per heavy atom. The summed E-state index contributed by atoms with van der Waals surface area (Å²) in [5.41, 5.74) is -3.34. The Labute approximate surface area is 167 Å². The predicted molar refractivity (Wildman–Crippen MR) is 92.8 cm³/mol. The molecule has 0 N–H and O–H groups in total. The highest BCUT2D eigenvalue weighted by Gasteiger charge is 2.23. The number of nitriles is 3. The van der Waals surface area contributed by atoms with Gasteiger partial charge in [0, 0.05) is 0 Å². The summed E-state index contributed by atoms with van der Waals surface area (Å²) in [6.07, 6.45) is 0.